The average Bonchev–Trinajstić information content (AvgIpc) is 2.73. The van der Waals surface area contributed by atoms with Gasteiger partial charge in [-0.2, -0.15) is 0 Å². The van der Waals surface area contributed by atoms with E-state index in [0.29, 0.717) is 23.7 Å². The van der Waals surface area contributed by atoms with Crippen LogP contribution in [0.4, 0.5) is 10.5 Å². The topological polar surface area (TPSA) is 79.9 Å². The first-order valence-electron chi connectivity index (χ1n) is 9.99. The van der Waals surface area contributed by atoms with Gasteiger partial charge in [0.15, 0.2) is 11.5 Å². The number of rotatable bonds is 5. The van der Waals surface area contributed by atoms with E-state index >= 15 is 0 Å². The minimum atomic E-state index is -0.525. The molecule has 1 atom stereocenters. The average molecular weight is 412 g/mol. The molecule has 1 heterocycles. The fourth-order valence-electron chi connectivity index (χ4n) is 3.73. The van der Waals surface area contributed by atoms with E-state index in [4.69, 9.17) is 9.47 Å². The highest BCUT2D eigenvalue weighted by molar-refractivity contribution is 6.03. The molecule has 160 valence electrons. The molecular weight excluding hydrogens is 382 g/mol. The van der Waals surface area contributed by atoms with Gasteiger partial charge < -0.3 is 14.8 Å². The van der Waals surface area contributed by atoms with Crippen LogP contribution in [0.25, 0.3) is 0 Å². The molecule has 0 aliphatic carbocycles. The number of hydrogen-bond donors (Lipinski definition) is 2. The largest absolute Gasteiger partial charge is 0.493 e. The predicted molar refractivity (Wildman–Crippen MR) is 116 cm³/mol. The van der Waals surface area contributed by atoms with Crippen molar-refractivity contribution in [2.75, 3.05) is 26.1 Å². The van der Waals surface area contributed by atoms with Crippen molar-refractivity contribution in [2.24, 2.45) is 0 Å². The van der Waals surface area contributed by atoms with Gasteiger partial charge in [0.25, 0.3) is 0 Å². The number of carbonyl (C=O) groups excluding carboxylic acids is 2. The molecule has 2 N–H and O–H groups in total. The van der Waals surface area contributed by atoms with Crippen LogP contribution in [0.3, 0.4) is 0 Å². The lowest BCUT2D eigenvalue weighted by atomic mass is 9.97. The molecule has 0 fully saturated rings. The summed E-state index contributed by atoms with van der Waals surface area (Å²) in [5.74, 6) is 1.04. The lowest BCUT2D eigenvalue weighted by Crippen LogP contribution is -2.49. The SMILES string of the molecule is COc1cc2c(cc1OC)CN(C(C)C(=O)NC(=O)Nc1ccc(C)cc1C)CC2. The van der Waals surface area contributed by atoms with Crippen molar-refractivity contribution >= 4 is 17.6 Å². The monoisotopic (exact) mass is 411 g/mol. The van der Waals surface area contributed by atoms with Crippen molar-refractivity contribution in [2.45, 2.75) is 39.8 Å². The Kier molecular flexibility index (Phi) is 6.62. The Bertz CT molecular complexity index is 958. The maximum atomic E-state index is 12.7. The van der Waals surface area contributed by atoms with Crippen LogP contribution in [0.5, 0.6) is 11.5 Å². The Labute approximate surface area is 177 Å². The Morgan fingerprint density at radius 3 is 2.33 bits per heavy atom. The summed E-state index contributed by atoms with van der Waals surface area (Å²) in [6.45, 7) is 7.04. The molecule has 3 amide bonds. The third-order valence-electron chi connectivity index (χ3n) is 5.54. The number of nitrogens with one attached hydrogen (secondary N) is 2. The van der Waals surface area contributed by atoms with Crippen LogP contribution in [-0.2, 0) is 17.8 Å². The molecule has 1 aliphatic rings. The number of imide groups is 1. The molecule has 30 heavy (non-hydrogen) atoms. The van der Waals surface area contributed by atoms with Gasteiger partial charge in [-0.15, -0.1) is 0 Å². The van der Waals surface area contributed by atoms with Gasteiger partial charge in [-0.1, -0.05) is 17.7 Å². The molecule has 1 aliphatic heterocycles. The Morgan fingerprint density at radius 1 is 1.03 bits per heavy atom. The van der Waals surface area contributed by atoms with E-state index in [0.717, 1.165) is 29.7 Å². The zero-order valence-corrected chi connectivity index (χ0v) is 18.2. The Hall–Kier alpha value is -3.06. The normalized spacial score (nSPS) is 14.4. The number of nitrogens with zero attached hydrogens (tertiary/aromatic N) is 1. The van der Waals surface area contributed by atoms with Gasteiger partial charge in [0.1, 0.15) is 0 Å². The third-order valence-corrected chi connectivity index (χ3v) is 5.54. The molecule has 2 aromatic rings. The van der Waals surface area contributed by atoms with Gasteiger partial charge in [0, 0.05) is 18.8 Å². The van der Waals surface area contributed by atoms with Crippen LogP contribution in [-0.4, -0.2) is 43.6 Å². The number of benzene rings is 2. The summed E-state index contributed by atoms with van der Waals surface area (Å²) >= 11 is 0. The summed E-state index contributed by atoms with van der Waals surface area (Å²) in [6, 6.07) is 8.71. The maximum Gasteiger partial charge on any atom is 0.325 e. The molecule has 1 unspecified atom stereocenters. The number of fused-ring (bicyclic) bond motifs is 1. The van der Waals surface area contributed by atoms with Gasteiger partial charge in [-0.3, -0.25) is 15.0 Å². The molecule has 0 aromatic heterocycles. The van der Waals surface area contributed by atoms with E-state index in [1.165, 1.54) is 5.56 Å². The molecule has 0 saturated carbocycles. The summed E-state index contributed by atoms with van der Waals surface area (Å²) in [5, 5.41) is 5.21. The molecule has 0 radical (unpaired) electrons. The van der Waals surface area contributed by atoms with Crippen LogP contribution >= 0.6 is 0 Å². The molecule has 2 aromatic carbocycles. The summed E-state index contributed by atoms with van der Waals surface area (Å²) in [6.07, 6.45) is 0.794. The zero-order chi connectivity index (χ0) is 21.8. The van der Waals surface area contributed by atoms with E-state index in [9.17, 15) is 9.59 Å². The fraction of sp³-hybridized carbons (Fsp3) is 0.391. The lowest BCUT2D eigenvalue weighted by molar-refractivity contribution is -0.125. The van der Waals surface area contributed by atoms with Crippen LogP contribution in [0.2, 0.25) is 0 Å². The molecular formula is C23H29N3O4. The second kappa shape index (κ2) is 9.17. The Morgan fingerprint density at radius 2 is 1.70 bits per heavy atom. The van der Waals surface area contributed by atoms with E-state index in [2.05, 4.69) is 10.6 Å². The molecule has 7 heteroatoms. The van der Waals surface area contributed by atoms with Crippen LogP contribution in [0.15, 0.2) is 30.3 Å². The molecule has 0 bridgehead atoms. The van der Waals surface area contributed by atoms with Crippen molar-refractivity contribution in [3.05, 3.63) is 52.6 Å². The van der Waals surface area contributed by atoms with Crippen molar-refractivity contribution < 1.29 is 19.1 Å². The molecule has 7 nitrogen and oxygen atoms in total. The highest BCUT2D eigenvalue weighted by atomic mass is 16.5. The second-order valence-corrected chi connectivity index (χ2v) is 7.63. The number of ether oxygens (including phenoxy) is 2. The fourth-order valence-corrected chi connectivity index (χ4v) is 3.73. The molecule has 0 saturated heterocycles. The smallest absolute Gasteiger partial charge is 0.325 e. The van der Waals surface area contributed by atoms with Crippen LogP contribution < -0.4 is 20.1 Å². The standard InChI is InChI=1S/C23H29N3O4/c1-14-6-7-19(15(2)10-14)24-23(28)25-22(27)16(3)26-9-8-17-11-20(29-4)21(30-5)12-18(17)13-26/h6-7,10-12,16H,8-9,13H2,1-5H3,(H2,24,25,27,28). The summed E-state index contributed by atoms with van der Waals surface area (Å²) in [4.78, 5) is 27.0. The number of amides is 3. The van der Waals surface area contributed by atoms with Gasteiger partial charge >= 0.3 is 6.03 Å². The quantitative estimate of drug-likeness (QED) is 0.788. The summed E-state index contributed by atoms with van der Waals surface area (Å²) < 4.78 is 10.8. The van der Waals surface area contributed by atoms with E-state index in [1.54, 1.807) is 14.2 Å². The maximum absolute atomic E-state index is 12.7. The summed E-state index contributed by atoms with van der Waals surface area (Å²) in [5.41, 5.74) is 5.03. The third kappa shape index (κ3) is 4.74. The van der Waals surface area contributed by atoms with Crippen molar-refractivity contribution in [3.63, 3.8) is 0 Å². The predicted octanol–water partition coefficient (Wildman–Crippen LogP) is 3.42. The van der Waals surface area contributed by atoms with Gasteiger partial charge in [0.2, 0.25) is 5.91 Å². The first-order valence-corrected chi connectivity index (χ1v) is 9.99. The van der Waals surface area contributed by atoms with Crippen LogP contribution in [0.1, 0.15) is 29.2 Å². The van der Waals surface area contributed by atoms with Crippen molar-refractivity contribution in [3.8, 4) is 11.5 Å². The van der Waals surface area contributed by atoms with Gasteiger partial charge in [-0.25, -0.2) is 4.79 Å². The minimum absolute atomic E-state index is 0.332. The minimum Gasteiger partial charge on any atom is -0.493 e. The zero-order valence-electron chi connectivity index (χ0n) is 18.2. The first kappa shape index (κ1) is 21.6. The van der Waals surface area contributed by atoms with Crippen LogP contribution in [0, 0.1) is 13.8 Å². The molecule has 3 rings (SSSR count). The highest BCUT2D eigenvalue weighted by Gasteiger charge is 2.27. The number of hydrogen-bond acceptors (Lipinski definition) is 5. The number of urea groups is 1. The second-order valence-electron chi connectivity index (χ2n) is 7.63. The number of aryl methyl sites for hydroxylation is 2. The number of methoxy groups -OCH3 is 2. The number of carbonyl (C=O) groups is 2. The van der Waals surface area contributed by atoms with Gasteiger partial charge in [-0.05, 0) is 62.1 Å². The Balaban J connectivity index is 1.63. The van der Waals surface area contributed by atoms with E-state index in [1.807, 2.05) is 56.0 Å². The van der Waals surface area contributed by atoms with E-state index < -0.39 is 12.1 Å². The molecule has 0 spiro atoms. The van der Waals surface area contributed by atoms with Crippen molar-refractivity contribution in [1.29, 1.82) is 0 Å². The first-order chi connectivity index (χ1) is 14.3. The number of anilines is 1. The van der Waals surface area contributed by atoms with Crippen molar-refractivity contribution in [1.82, 2.24) is 10.2 Å². The highest BCUT2D eigenvalue weighted by Crippen LogP contribution is 2.33. The summed E-state index contributed by atoms with van der Waals surface area (Å²) in [7, 11) is 3.23. The van der Waals surface area contributed by atoms with Gasteiger partial charge in [0.05, 0.1) is 20.3 Å². The lowest BCUT2D eigenvalue weighted by Gasteiger charge is -2.33. The van der Waals surface area contributed by atoms with E-state index in [-0.39, 0.29) is 5.91 Å².